The molecular formula is C11H13BrCl2N2O4S. The Balaban J connectivity index is 3.31. The summed E-state index contributed by atoms with van der Waals surface area (Å²) in [6.07, 6.45) is 0. The number of amides is 1. The Morgan fingerprint density at radius 1 is 1.38 bits per heavy atom. The van der Waals surface area contributed by atoms with Crippen molar-refractivity contribution in [3.8, 4) is 0 Å². The molecule has 118 valence electrons. The Morgan fingerprint density at radius 3 is 2.33 bits per heavy atom. The molecular weight excluding hydrogens is 407 g/mol. The number of halogens is 3. The molecule has 0 aliphatic rings. The van der Waals surface area contributed by atoms with E-state index in [2.05, 4.69) is 15.9 Å². The Bertz CT molecular complexity index is 616. The maximum absolute atomic E-state index is 12.6. The van der Waals surface area contributed by atoms with Gasteiger partial charge in [0.15, 0.2) is 0 Å². The first-order valence-corrected chi connectivity index (χ1v) is 8.61. The van der Waals surface area contributed by atoms with Gasteiger partial charge in [0.05, 0.1) is 23.2 Å². The van der Waals surface area contributed by atoms with Gasteiger partial charge in [0.2, 0.25) is 15.9 Å². The smallest absolute Gasteiger partial charge is 0.246 e. The Morgan fingerprint density at radius 2 is 1.90 bits per heavy atom. The van der Waals surface area contributed by atoms with Crippen LogP contribution in [0.2, 0.25) is 10.0 Å². The molecule has 0 aliphatic carbocycles. The van der Waals surface area contributed by atoms with E-state index in [9.17, 15) is 13.2 Å². The van der Waals surface area contributed by atoms with Crippen molar-refractivity contribution in [2.75, 3.05) is 26.8 Å². The first-order chi connectivity index (χ1) is 9.70. The monoisotopic (exact) mass is 418 g/mol. The number of hydrogen-bond donors (Lipinski definition) is 1. The van der Waals surface area contributed by atoms with Crippen molar-refractivity contribution < 1.29 is 17.9 Å². The second kappa shape index (κ2) is 7.75. The predicted octanol–water partition coefficient (Wildman–Crippen LogP) is 1.88. The fourth-order valence-electron chi connectivity index (χ4n) is 1.56. The Hall–Kier alpha value is -0.380. The molecule has 0 saturated heterocycles. The minimum atomic E-state index is -4.08. The van der Waals surface area contributed by atoms with Crippen LogP contribution in [0.4, 0.5) is 0 Å². The fourth-order valence-corrected chi connectivity index (χ4v) is 4.83. The summed E-state index contributed by atoms with van der Waals surface area (Å²) >= 11 is 15.1. The van der Waals surface area contributed by atoms with E-state index in [-0.39, 0.29) is 28.1 Å². The van der Waals surface area contributed by atoms with Crippen LogP contribution in [0.1, 0.15) is 0 Å². The number of methoxy groups -OCH3 is 1. The van der Waals surface area contributed by atoms with Gasteiger partial charge in [-0.3, -0.25) is 4.79 Å². The van der Waals surface area contributed by atoms with Gasteiger partial charge in [-0.1, -0.05) is 39.1 Å². The molecule has 0 aromatic heterocycles. The highest BCUT2D eigenvalue weighted by Gasteiger charge is 2.30. The van der Waals surface area contributed by atoms with Crippen molar-refractivity contribution in [3.63, 3.8) is 0 Å². The highest BCUT2D eigenvalue weighted by molar-refractivity contribution is 9.10. The second-order valence-corrected chi connectivity index (χ2v) is 7.60. The minimum Gasteiger partial charge on any atom is -0.383 e. The van der Waals surface area contributed by atoms with Crippen molar-refractivity contribution in [3.05, 3.63) is 26.7 Å². The fraction of sp³-hybridized carbons (Fsp3) is 0.364. The third-order valence-corrected chi connectivity index (χ3v) is 5.66. The van der Waals surface area contributed by atoms with E-state index in [0.29, 0.717) is 4.47 Å². The summed E-state index contributed by atoms with van der Waals surface area (Å²) in [4.78, 5) is 10.8. The zero-order valence-corrected chi connectivity index (χ0v) is 14.9. The summed E-state index contributed by atoms with van der Waals surface area (Å²) in [6, 6.07) is 2.80. The van der Waals surface area contributed by atoms with Crippen molar-refractivity contribution >= 4 is 55.1 Å². The maximum atomic E-state index is 12.6. The number of rotatable bonds is 7. The average Bonchev–Trinajstić information content (AvgIpc) is 2.32. The van der Waals surface area contributed by atoms with E-state index in [0.717, 1.165) is 4.31 Å². The van der Waals surface area contributed by atoms with Crippen LogP contribution in [0.25, 0.3) is 0 Å². The van der Waals surface area contributed by atoms with E-state index in [1.807, 2.05) is 0 Å². The summed E-state index contributed by atoms with van der Waals surface area (Å²) in [5, 5.41) is -0.109. The Kier molecular flexibility index (Phi) is 6.89. The van der Waals surface area contributed by atoms with Crippen LogP contribution in [0.5, 0.6) is 0 Å². The second-order valence-electron chi connectivity index (χ2n) is 4.00. The average molecular weight is 420 g/mol. The lowest BCUT2D eigenvalue weighted by Gasteiger charge is -2.21. The van der Waals surface area contributed by atoms with Crippen LogP contribution < -0.4 is 5.73 Å². The van der Waals surface area contributed by atoms with Gasteiger partial charge < -0.3 is 10.5 Å². The SMILES string of the molecule is COCCN(CC(N)=O)S(=O)(=O)c1c(Cl)cc(Br)cc1Cl. The van der Waals surface area contributed by atoms with Crippen LogP contribution in [-0.4, -0.2) is 45.4 Å². The van der Waals surface area contributed by atoms with Gasteiger partial charge in [0.25, 0.3) is 0 Å². The Labute approximate surface area is 141 Å². The normalized spacial score (nSPS) is 11.9. The first-order valence-electron chi connectivity index (χ1n) is 5.62. The predicted molar refractivity (Wildman–Crippen MR) is 84.0 cm³/mol. The van der Waals surface area contributed by atoms with Gasteiger partial charge in [0.1, 0.15) is 4.90 Å². The molecule has 0 aliphatic heterocycles. The van der Waals surface area contributed by atoms with Gasteiger partial charge in [-0.25, -0.2) is 8.42 Å². The molecule has 0 fully saturated rings. The topological polar surface area (TPSA) is 89.7 Å². The van der Waals surface area contributed by atoms with Gasteiger partial charge >= 0.3 is 0 Å². The lowest BCUT2D eigenvalue weighted by atomic mass is 10.4. The summed E-state index contributed by atoms with van der Waals surface area (Å²) in [5.41, 5.74) is 5.08. The molecule has 1 aromatic carbocycles. The molecule has 0 radical (unpaired) electrons. The van der Waals surface area contributed by atoms with E-state index >= 15 is 0 Å². The van der Waals surface area contributed by atoms with E-state index in [1.165, 1.54) is 19.2 Å². The molecule has 2 N–H and O–H groups in total. The third kappa shape index (κ3) is 4.80. The van der Waals surface area contributed by atoms with Crippen molar-refractivity contribution in [2.45, 2.75) is 4.90 Å². The molecule has 10 heteroatoms. The van der Waals surface area contributed by atoms with Gasteiger partial charge in [0, 0.05) is 18.1 Å². The number of benzene rings is 1. The highest BCUT2D eigenvalue weighted by Crippen LogP contribution is 2.34. The number of primary amides is 1. The number of nitrogens with two attached hydrogens (primary N) is 1. The van der Waals surface area contributed by atoms with Crippen molar-refractivity contribution in [1.29, 1.82) is 0 Å². The van der Waals surface area contributed by atoms with E-state index in [4.69, 9.17) is 33.7 Å². The summed E-state index contributed by atoms with van der Waals surface area (Å²) in [6.45, 7) is -0.447. The van der Waals surface area contributed by atoms with Gasteiger partial charge in [-0.2, -0.15) is 4.31 Å². The number of carbonyl (C=O) groups is 1. The lowest BCUT2D eigenvalue weighted by Crippen LogP contribution is -2.40. The lowest BCUT2D eigenvalue weighted by molar-refractivity contribution is -0.118. The zero-order chi connectivity index (χ0) is 16.2. The van der Waals surface area contributed by atoms with Crippen LogP contribution in [0.15, 0.2) is 21.5 Å². The van der Waals surface area contributed by atoms with Crippen LogP contribution >= 0.6 is 39.1 Å². The highest BCUT2D eigenvalue weighted by atomic mass is 79.9. The number of carbonyl (C=O) groups excluding carboxylic acids is 1. The molecule has 1 rings (SSSR count). The van der Waals surface area contributed by atoms with E-state index < -0.39 is 22.5 Å². The van der Waals surface area contributed by atoms with Crippen LogP contribution in [-0.2, 0) is 19.6 Å². The molecule has 0 unspecified atom stereocenters. The van der Waals surface area contributed by atoms with Crippen molar-refractivity contribution in [1.82, 2.24) is 4.31 Å². The van der Waals surface area contributed by atoms with E-state index in [1.54, 1.807) is 0 Å². The third-order valence-electron chi connectivity index (χ3n) is 2.44. The van der Waals surface area contributed by atoms with Gasteiger partial charge in [-0.05, 0) is 12.1 Å². The number of sulfonamides is 1. The molecule has 0 atom stereocenters. The maximum Gasteiger partial charge on any atom is 0.246 e. The van der Waals surface area contributed by atoms with Crippen LogP contribution in [0.3, 0.4) is 0 Å². The summed E-state index contributed by atoms with van der Waals surface area (Å²) in [5.74, 6) is -0.793. The largest absolute Gasteiger partial charge is 0.383 e. The molecule has 1 aromatic rings. The number of ether oxygens (including phenoxy) is 1. The first kappa shape index (κ1) is 18.7. The summed E-state index contributed by atoms with van der Waals surface area (Å²) < 4.78 is 31.5. The molecule has 6 nitrogen and oxygen atoms in total. The standard InChI is InChI=1S/C11H13BrCl2N2O4S/c1-20-3-2-16(6-10(15)17)21(18,19)11-8(13)4-7(12)5-9(11)14/h4-5H,2-3,6H2,1H3,(H2,15,17). The van der Waals surface area contributed by atoms with Gasteiger partial charge in [-0.15, -0.1) is 0 Å². The summed E-state index contributed by atoms with van der Waals surface area (Å²) in [7, 11) is -2.67. The molecule has 0 spiro atoms. The molecule has 21 heavy (non-hydrogen) atoms. The molecule has 0 bridgehead atoms. The zero-order valence-electron chi connectivity index (χ0n) is 11.0. The van der Waals surface area contributed by atoms with Crippen LogP contribution in [0, 0.1) is 0 Å². The number of nitrogens with zero attached hydrogens (tertiary/aromatic N) is 1. The molecule has 1 amide bonds. The number of hydrogen-bond acceptors (Lipinski definition) is 4. The van der Waals surface area contributed by atoms with Crippen molar-refractivity contribution in [2.24, 2.45) is 5.73 Å². The molecule has 0 saturated carbocycles. The molecule has 0 heterocycles. The quantitative estimate of drug-likeness (QED) is 0.730. The minimum absolute atomic E-state index is 0.0511.